The maximum Gasteiger partial charge on any atom is 0.471 e. The van der Waals surface area contributed by atoms with Crippen LogP contribution in [0.2, 0.25) is 0 Å². The Bertz CT molecular complexity index is 1280. The van der Waals surface area contributed by atoms with Gasteiger partial charge in [0, 0.05) is 32.7 Å². The number of esters is 2. The molecular weight excluding hydrogens is 561 g/mol. The summed E-state index contributed by atoms with van der Waals surface area (Å²) < 4.78 is 69.1. The fraction of sp³-hybridized carbons (Fsp3) is 0.483. The predicted molar refractivity (Wildman–Crippen MR) is 139 cm³/mol. The van der Waals surface area contributed by atoms with E-state index in [4.69, 9.17) is 23.7 Å². The van der Waals surface area contributed by atoms with Crippen molar-refractivity contribution < 1.29 is 51.2 Å². The van der Waals surface area contributed by atoms with Gasteiger partial charge in [0.15, 0.2) is 29.9 Å². The summed E-state index contributed by atoms with van der Waals surface area (Å²) >= 11 is 0. The maximum absolute atomic E-state index is 13.3. The van der Waals surface area contributed by atoms with Gasteiger partial charge < -0.3 is 28.6 Å². The van der Waals surface area contributed by atoms with Crippen LogP contribution < -0.4 is 0 Å². The second kappa shape index (κ2) is 11.6. The Morgan fingerprint density at radius 1 is 0.857 bits per heavy atom. The Kier molecular flexibility index (Phi) is 8.30. The molecule has 226 valence electrons. The third kappa shape index (κ3) is 6.43. The monoisotopic (exact) mass is 592 g/mol. The summed E-state index contributed by atoms with van der Waals surface area (Å²) in [6.45, 7) is 2.74. The first-order valence-electron chi connectivity index (χ1n) is 13.5. The summed E-state index contributed by atoms with van der Waals surface area (Å²) in [6, 6.07) is 16.5. The van der Waals surface area contributed by atoms with Gasteiger partial charge in [-0.2, -0.15) is 13.2 Å². The number of carbonyl (C=O) groups is 3. The van der Waals surface area contributed by atoms with E-state index in [1.54, 1.807) is 79.4 Å². The van der Waals surface area contributed by atoms with Crippen molar-refractivity contribution in [2.75, 3.05) is 39.3 Å². The number of piperazine rings is 1. The number of nitrogens with zero attached hydrogens (tertiary/aromatic N) is 2. The second-order valence-corrected chi connectivity index (χ2v) is 10.9. The minimum absolute atomic E-state index is 0.0179. The minimum Gasteiger partial charge on any atom is -0.459 e. The number of alkyl halides is 3. The first-order chi connectivity index (χ1) is 19.9. The highest BCUT2D eigenvalue weighted by molar-refractivity contribution is 5.90. The van der Waals surface area contributed by atoms with Crippen molar-refractivity contribution in [1.82, 2.24) is 9.80 Å². The van der Waals surface area contributed by atoms with Crippen LogP contribution in [0, 0.1) is 0 Å². The smallest absolute Gasteiger partial charge is 0.459 e. The van der Waals surface area contributed by atoms with Crippen molar-refractivity contribution in [3.8, 4) is 0 Å². The third-order valence-corrected chi connectivity index (χ3v) is 7.35. The Balaban J connectivity index is 1.41. The Labute approximate surface area is 240 Å². The number of rotatable bonds is 7. The van der Waals surface area contributed by atoms with E-state index in [1.807, 2.05) is 0 Å². The van der Waals surface area contributed by atoms with Gasteiger partial charge in [-0.1, -0.05) is 36.4 Å². The Morgan fingerprint density at radius 2 is 1.43 bits per heavy atom. The fourth-order valence-corrected chi connectivity index (χ4v) is 5.38. The predicted octanol–water partition coefficient (Wildman–Crippen LogP) is 3.02. The van der Waals surface area contributed by atoms with Gasteiger partial charge in [-0.15, -0.1) is 0 Å². The summed E-state index contributed by atoms with van der Waals surface area (Å²) in [6.07, 6.45) is -7.98. The van der Waals surface area contributed by atoms with Crippen molar-refractivity contribution in [1.29, 1.82) is 0 Å². The molecule has 0 unspecified atom stereocenters. The van der Waals surface area contributed by atoms with Crippen molar-refractivity contribution >= 4 is 17.8 Å². The molecule has 0 aliphatic carbocycles. The van der Waals surface area contributed by atoms with E-state index in [0.717, 1.165) is 4.90 Å². The lowest BCUT2D eigenvalue weighted by atomic mass is 9.94. The van der Waals surface area contributed by atoms with Crippen LogP contribution in [-0.2, 0) is 28.5 Å². The molecule has 0 saturated carbocycles. The molecule has 1 amide bonds. The molecular formula is C29H31F3N2O8. The van der Waals surface area contributed by atoms with E-state index in [2.05, 4.69) is 0 Å². The highest BCUT2D eigenvalue weighted by Crippen LogP contribution is 2.45. The summed E-state index contributed by atoms with van der Waals surface area (Å²) in [5.74, 6) is -4.29. The van der Waals surface area contributed by atoms with E-state index in [0.29, 0.717) is 0 Å². The average Bonchev–Trinajstić information content (AvgIpc) is 3.40. The first-order valence-corrected chi connectivity index (χ1v) is 13.5. The van der Waals surface area contributed by atoms with E-state index < -0.39 is 53.9 Å². The van der Waals surface area contributed by atoms with Crippen LogP contribution in [0.25, 0.3) is 0 Å². The highest BCUT2D eigenvalue weighted by atomic mass is 19.4. The van der Waals surface area contributed by atoms with Gasteiger partial charge in [0.25, 0.3) is 0 Å². The number of halogens is 3. The van der Waals surface area contributed by atoms with Crippen LogP contribution in [0.3, 0.4) is 0 Å². The molecule has 0 spiro atoms. The maximum atomic E-state index is 13.3. The quantitative estimate of drug-likeness (QED) is 0.449. The molecule has 0 aromatic heterocycles. The van der Waals surface area contributed by atoms with E-state index >= 15 is 0 Å². The van der Waals surface area contributed by atoms with Crippen LogP contribution in [-0.4, -0.2) is 103 Å². The molecule has 3 saturated heterocycles. The van der Waals surface area contributed by atoms with Gasteiger partial charge in [0.2, 0.25) is 0 Å². The first kappa shape index (κ1) is 30.0. The molecule has 5 rings (SSSR count). The molecule has 13 heteroatoms. The van der Waals surface area contributed by atoms with E-state index in [1.165, 1.54) is 0 Å². The number of hydrogen-bond donors (Lipinski definition) is 0. The lowest BCUT2D eigenvalue weighted by molar-refractivity contribution is -0.249. The number of amides is 1. The molecule has 0 N–H and O–H groups in total. The number of ether oxygens (including phenoxy) is 5. The summed E-state index contributed by atoms with van der Waals surface area (Å²) in [4.78, 5) is 40.5. The minimum atomic E-state index is -4.97. The normalized spacial score (nSPS) is 27.4. The summed E-state index contributed by atoms with van der Waals surface area (Å²) in [7, 11) is 0. The van der Waals surface area contributed by atoms with Crippen molar-refractivity contribution in [2.24, 2.45) is 0 Å². The number of carbonyl (C=O) groups excluding carboxylic acids is 3. The summed E-state index contributed by atoms with van der Waals surface area (Å²) in [5.41, 5.74) is -0.957. The zero-order valence-electron chi connectivity index (χ0n) is 23.0. The van der Waals surface area contributed by atoms with Crippen LogP contribution in [0.15, 0.2) is 60.7 Å². The number of benzene rings is 2. The highest BCUT2D eigenvalue weighted by Gasteiger charge is 2.65. The van der Waals surface area contributed by atoms with E-state index in [-0.39, 0.29) is 50.5 Å². The van der Waals surface area contributed by atoms with Crippen molar-refractivity contribution in [2.45, 2.75) is 49.9 Å². The molecule has 4 atom stereocenters. The van der Waals surface area contributed by atoms with Crippen molar-refractivity contribution in [3.05, 3.63) is 71.8 Å². The third-order valence-electron chi connectivity index (χ3n) is 7.35. The lowest BCUT2D eigenvalue weighted by Crippen LogP contribution is -2.60. The molecule has 0 bridgehead atoms. The van der Waals surface area contributed by atoms with Gasteiger partial charge in [0.1, 0.15) is 6.61 Å². The average molecular weight is 593 g/mol. The van der Waals surface area contributed by atoms with Gasteiger partial charge in [-0.25, -0.2) is 9.59 Å². The van der Waals surface area contributed by atoms with Gasteiger partial charge >= 0.3 is 24.0 Å². The Morgan fingerprint density at radius 3 is 2.00 bits per heavy atom. The van der Waals surface area contributed by atoms with Crippen LogP contribution in [0.5, 0.6) is 0 Å². The number of fused-ring (bicyclic) bond motifs is 1. The molecule has 2 aromatic carbocycles. The molecule has 42 heavy (non-hydrogen) atoms. The van der Waals surface area contributed by atoms with Crippen molar-refractivity contribution in [3.63, 3.8) is 0 Å². The molecule has 3 aliphatic heterocycles. The second-order valence-electron chi connectivity index (χ2n) is 10.9. The molecule has 0 radical (unpaired) electrons. The van der Waals surface area contributed by atoms with Crippen LogP contribution >= 0.6 is 0 Å². The standard InChI is InChI=1S/C29H31F3N2O8/c1-27(2)40-21-22(39-24(36)20-11-7-4-8-12-20)28(42-25(21)41-27,18-38-23(35)19-9-5-3-6-10-19)17-33-13-15-34(16-14-33)26(37)29(30,31)32/h3-12,21-22,25H,13-18H2,1-2H3/t21-,22-,25+,28-/m1/s1. The molecule has 3 aliphatic rings. The van der Waals surface area contributed by atoms with Gasteiger partial charge in [0.05, 0.1) is 11.1 Å². The molecule has 10 nitrogen and oxygen atoms in total. The summed E-state index contributed by atoms with van der Waals surface area (Å²) in [5, 5.41) is 0. The topological polar surface area (TPSA) is 104 Å². The zero-order chi connectivity index (χ0) is 30.1. The Hall–Kier alpha value is -3.52. The fourth-order valence-electron chi connectivity index (χ4n) is 5.38. The molecule has 3 fully saturated rings. The van der Waals surface area contributed by atoms with Crippen LogP contribution in [0.1, 0.15) is 34.6 Å². The van der Waals surface area contributed by atoms with E-state index in [9.17, 15) is 27.6 Å². The zero-order valence-corrected chi connectivity index (χ0v) is 23.0. The SMILES string of the molecule is CC1(C)O[C@H]2O[C@@](COC(=O)c3ccccc3)(CN3CCN(C(=O)C(F)(F)F)CC3)[C@H](OC(=O)c3ccccc3)[C@H]2O1. The largest absolute Gasteiger partial charge is 0.471 e. The van der Waals surface area contributed by atoms with Gasteiger partial charge in [-0.3, -0.25) is 9.69 Å². The number of hydrogen-bond acceptors (Lipinski definition) is 9. The van der Waals surface area contributed by atoms with Gasteiger partial charge in [-0.05, 0) is 38.1 Å². The lowest BCUT2D eigenvalue weighted by Gasteiger charge is -2.42. The molecule has 3 heterocycles. The molecule has 2 aromatic rings. The van der Waals surface area contributed by atoms with Crippen LogP contribution in [0.4, 0.5) is 13.2 Å².